The van der Waals surface area contributed by atoms with Crippen molar-refractivity contribution in [3.05, 3.63) is 0 Å². The van der Waals surface area contributed by atoms with Gasteiger partial charge in [-0.25, -0.2) is 13.6 Å². The van der Waals surface area contributed by atoms with E-state index >= 15 is 0 Å². The molecular formula is C12H22F2N2O3. The minimum absolute atomic E-state index is 0.0782. The number of carbonyl (C=O) groups excluding carboxylic acids is 1. The maximum atomic E-state index is 13.4. The number of nitrogens with zero attached hydrogens (tertiary/aromatic N) is 1. The number of hydrogen-bond donors (Lipinski definition) is 1. The summed E-state index contributed by atoms with van der Waals surface area (Å²) in [5, 5.41) is 0. The first-order valence-corrected chi connectivity index (χ1v) is 6.30. The number of rotatable bonds is 3. The van der Waals surface area contributed by atoms with Crippen molar-refractivity contribution in [2.75, 3.05) is 26.3 Å². The van der Waals surface area contributed by atoms with Gasteiger partial charge in [0.25, 0.3) is 5.92 Å². The van der Waals surface area contributed by atoms with Crippen LogP contribution in [0.5, 0.6) is 0 Å². The average molecular weight is 280 g/mol. The van der Waals surface area contributed by atoms with Crippen LogP contribution in [-0.4, -0.2) is 54.9 Å². The zero-order valence-electron chi connectivity index (χ0n) is 11.6. The Kier molecular flexibility index (Phi) is 5.09. The molecule has 0 aromatic rings. The number of carbonyl (C=O) groups is 1. The molecule has 0 spiro atoms. The molecule has 1 rings (SSSR count). The van der Waals surface area contributed by atoms with E-state index in [0.717, 1.165) is 0 Å². The van der Waals surface area contributed by atoms with Crippen LogP contribution in [0.4, 0.5) is 13.6 Å². The minimum atomic E-state index is -3.01. The van der Waals surface area contributed by atoms with Crippen molar-refractivity contribution in [2.45, 2.75) is 44.8 Å². The molecule has 1 unspecified atom stereocenters. The summed E-state index contributed by atoms with van der Waals surface area (Å²) in [5.74, 6) is -3.01. The summed E-state index contributed by atoms with van der Waals surface area (Å²) in [4.78, 5) is 13.3. The average Bonchev–Trinajstić information content (AvgIpc) is 2.27. The van der Waals surface area contributed by atoms with Crippen LogP contribution in [0, 0.1) is 0 Å². The van der Waals surface area contributed by atoms with Gasteiger partial charge in [-0.1, -0.05) is 0 Å². The molecule has 0 aromatic heterocycles. The summed E-state index contributed by atoms with van der Waals surface area (Å²) in [6.07, 6.45) is -1.10. The first-order chi connectivity index (χ1) is 8.64. The van der Waals surface area contributed by atoms with Gasteiger partial charge in [0.1, 0.15) is 5.60 Å². The number of halogens is 2. The number of ether oxygens (including phenoxy) is 2. The highest BCUT2D eigenvalue weighted by atomic mass is 19.3. The summed E-state index contributed by atoms with van der Waals surface area (Å²) in [6.45, 7) is 5.10. The van der Waals surface area contributed by atoms with Gasteiger partial charge in [-0.05, 0) is 20.8 Å². The van der Waals surface area contributed by atoms with Crippen molar-refractivity contribution in [3.63, 3.8) is 0 Å². The molecule has 19 heavy (non-hydrogen) atoms. The van der Waals surface area contributed by atoms with Crippen molar-refractivity contribution in [2.24, 2.45) is 5.73 Å². The molecule has 0 aliphatic carbocycles. The van der Waals surface area contributed by atoms with Crippen molar-refractivity contribution in [3.8, 4) is 0 Å². The molecule has 1 atom stereocenters. The molecule has 0 bridgehead atoms. The third-order valence-electron chi connectivity index (χ3n) is 2.69. The van der Waals surface area contributed by atoms with Crippen LogP contribution < -0.4 is 5.73 Å². The monoisotopic (exact) mass is 280 g/mol. The predicted octanol–water partition coefficient (Wildman–Crippen LogP) is 1.61. The van der Waals surface area contributed by atoms with E-state index in [-0.39, 0.29) is 13.2 Å². The predicted molar refractivity (Wildman–Crippen MR) is 66.2 cm³/mol. The molecule has 0 saturated carbocycles. The van der Waals surface area contributed by atoms with Gasteiger partial charge in [-0.2, -0.15) is 0 Å². The third-order valence-corrected chi connectivity index (χ3v) is 2.69. The lowest BCUT2D eigenvalue weighted by Crippen LogP contribution is -2.52. The van der Waals surface area contributed by atoms with Gasteiger partial charge >= 0.3 is 6.09 Å². The summed E-state index contributed by atoms with van der Waals surface area (Å²) in [5.41, 5.74) is 4.36. The number of alkyl halides is 2. The Bertz CT molecular complexity index is 319. The maximum absolute atomic E-state index is 13.4. The largest absolute Gasteiger partial charge is 0.444 e. The van der Waals surface area contributed by atoms with Crippen molar-refractivity contribution < 1.29 is 23.0 Å². The van der Waals surface area contributed by atoms with Crippen LogP contribution in [0.15, 0.2) is 0 Å². The Hall–Kier alpha value is -0.950. The molecule has 2 N–H and O–H groups in total. The quantitative estimate of drug-likeness (QED) is 0.853. The summed E-state index contributed by atoms with van der Waals surface area (Å²) in [6, 6.07) is -0.706. The van der Waals surface area contributed by atoms with Crippen molar-refractivity contribution in [1.29, 1.82) is 0 Å². The Balaban J connectivity index is 2.70. The Labute approximate surface area is 112 Å². The van der Waals surface area contributed by atoms with E-state index in [4.69, 9.17) is 15.2 Å². The van der Waals surface area contributed by atoms with E-state index in [1.165, 1.54) is 4.90 Å². The van der Waals surface area contributed by atoms with E-state index in [1.807, 2.05) is 0 Å². The fourth-order valence-electron chi connectivity index (χ4n) is 1.81. The second kappa shape index (κ2) is 6.00. The first-order valence-electron chi connectivity index (χ1n) is 6.30. The molecule has 0 radical (unpaired) electrons. The topological polar surface area (TPSA) is 64.8 Å². The van der Waals surface area contributed by atoms with Gasteiger partial charge in [-0.3, -0.25) is 0 Å². The van der Waals surface area contributed by atoms with Gasteiger partial charge in [-0.15, -0.1) is 0 Å². The fourth-order valence-corrected chi connectivity index (χ4v) is 1.81. The molecule has 1 heterocycles. The smallest absolute Gasteiger partial charge is 0.410 e. The number of amides is 1. The van der Waals surface area contributed by atoms with E-state index in [0.29, 0.717) is 6.61 Å². The van der Waals surface area contributed by atoms with Crippen LogP contribution in [0.2, 0.25) is 0 Å². The lowest BCUT2D eigenvalue weighted by Gasteiger charge is -2.37. The highest BCUT2D eigenvalue weighted by Gasteiger charge is 2.38. The minimum Gasteiger partial charge on any atom is -0.444 e. The lowest BCUT2D eigenvalue weighted by molar-refractivity contribution is -0.0728. The Morgan fingerprint density at radius 1 is 1.47 bits per heavy atom. The highest BCUT2D eigenvalue weighted by molar-refractivity contribution is 5.68. The number of morpholine rings is 1. The van der Waals surface area contributed by atoms with Gasteiger partial charge in [0.05, 0.1) is 25.8 Å². The van der Waals surface area contributed by atoms with E-state index < -0.39 is 36.6 Å². The molecule has 5 nitrogen and oxygen atoms in total. The maximum Gasteiger partial charge on any atom is 0.410 e. The molecule has 1 aliphatic heterocycles. The molecule has 1 amide bonds. The van der Waals surface area contributed by atoms with E-state index in [1.54, 1.807) is 20.8 Å². The molecule has 7 heteroatoms. The number of hydrogen-bond acceptors (Lipinski definition) is 4. The SMILES string of the molecule is CC(C)(C)OC(=O)N1CCOCC1CC(F)(F)CN. The fraction of sp³-hybridized carbons (Fsp3) is 0.917. The van der Waals surface area contributed by atoms with E-state index in [2.05, 4.69) is 0 Å². The zero-order valence-corrected chi connectivity index (χ0v) is 11.6. The second-order valence-electron chi connectivity index (χ2n) is 5.67. The standard InChI is InChI=1S/C12H22F2N2O3/c1-11(2,3)19-10(17)16-4-5-18-7-9(16)6-12(13,14)8-15/h9H,4-8,15H2,1-3H3. The molecule has 1 aliphatic rings. The molecule has 1 fully saturated rings. The first kappa shape index (κ1) is 16.1. The molecule has 1 saturated heterocycles. The van der Waals surface area contributed by atoms with Crippen LogP contribution >= 0.6 is 0 Å². The molecule has 112 valence electrons. The van der Waals surface area contributed by atoms with Gasteiger partial charge < -0.3 is 20.1 Å². The third kappa shape index (κ3) is 5.28. The Morgan fingerprint density at radius 2 is 2.11 bits per heavy atom. The normalized spacial score (nSPS) is 21.4. The van der Waals surface area contributed by atoms with Crippen LogP contribution in [0.25, 0.3) is 0 Å². The van der Waals surface area contributed by atoms with Gasteiger partial charge in [0.15, 0.2) is 0 Å². The lowest BCUT2D eigenvalue weighted by atomic mass is 10.1. The summed E-state index contributed by atoms with van der Waals surface area (Å²) in [7, 11) is 0. The Morgan fingerprint density at radius 3 is 2.63 bits per heavy atom. The van der Waals surface area contributed by atoms with Gasteiger partial charge in [0, 0.05) is 13.0 Å². The summed E-state index contributed by atoms with van der Waals surface area (Å²) >= 11 is 0. The van der Waals surface area contributed by atoms with Crippen molar-refractivity contribution >= 4 is 6.09 Å². The summed E-state index contributed by atoms with van der Waals surface area (Å²) < 4.78 is 37.1. The highest BCUT2D eigenvalue weighted by Crippen LogP contribution is 2.24. The van der Waals surface area contributed by atoms with Crippen molar-refractivity contribution in [1.82, 2.24) is 4.90 Å². The second-order valence-corrected chi connectivity index (χ2v) is 5.67. The zero-order chi connectivity index (χ0) is 14.7. The van der Waals surface area contributed by atoms with Crippen LogP contribution in [-0.2, 0) is 9.47 Å². The van der Waals surface area contributed by atoms with Crippen LogP contribution in [0.1, 0.15) is 27.2 Å². The molecule has 0 aromatic carbocycles. The van der Waals surface area contributed by atoms with E-state index in [9.17, 15) is 13.6 Å². The molecular weight excluding hydrogens is 258 g/mol. The number of nitrogens with two attached hydrogens (primary N) is 1. The van der Waals surface area contributed by atoms with Gasteiger partial charge in [0.2, 0.25) is 0 Å². The van der Waals surface area contributed by atoms with Crippen LogP contribution in [0.3, 0.4) is 0 Å².